The Morgan fingerprint density at radius 2 is 1.81 bits per heavy atom. The summed E-state index contributed by atoms with van der Waals surface area (Å²) in [5.41, 5.74) is 2.25. The number of amides is 2. The molecule has 1 aromatic rings. The van der Waals surface area contributed by atoms with E-state index in [1.807, 2.05) is 29.2 Å². The van der Waals surface area contributed by atoms with Crippen molar-refractivity contribution in [3.63, 3.8) is 0 Å². The van der Waals surface area contributed by atoms with Gasteiger partial charge in [-0.3, -0.25) is 14.5 Å². The van der Waals surface area contributed by atoms with Crippen molar-refractivity contribution in [3.05, 3.63) is 48.0 Å². The van der Waals surface area contributed by atoms with Gasteiger partial charge in [-0.05, 0) is 37.3 Å². The number of hydrogen-bond acceptors (Lipinski definition) is 3. The van der Waals surface area contributed by atoms with Crippen LogP contribution in [0.1, 0.15) is 43.7 Å². The second-order valence-electron chi connectivity index (χ2n) is 6.42. The Morgan fingerprint density at radius 1 is 1.26 bits per heavy atom. The van der Waals surface area contributed by atoms with E-state index >= 15 is 0 Å². The molecule has 1 atom stereocenters. The minimum atomic E-state index is -0.841. The zero-order valence-corrected chi connectivity index (χ0v) is 15.7. The van der Waals surface area contributed by atoms with E-state index in [4.69, 9.17) is 15.0 Å². The number of nitrogens with zero attached hydrogens (tertiary/aromatic N) is 2. The summed E-state index contributed by atoms with van der Waals surface area (Å²) < 4.78 is 0. The fourth-order valence-electron chi connectivity index (χ4n) is 3.14. The molecule has 1 aromatic carbocycles. The number of benzene rings is 1. The van der Waals surface area contributed by atoms with Crippen LogP contribution in [0.25, 0.3) is 0 Å². The van der Waals surface area contributed by atoms with E-state index in [2.05, 4.69) is 13.5 Å². The van der Waals surface area contributed by atoms with Gasteiger partial charge in [0.1, 0.15) is 0 Å². The van der Waals surface area contributed by atoms with Crippen LogP contribution in [0.5, 0.6) is 0 Å². The van der Waals surface area contributed by atoms with Crippen molar-refractivity contribution in [1.29, 1.82) is 0 Å². The zero-order valence-electron chi connectivity index (χ0n) is 15.7. The van der Waals surface area contributed by atoms with Crippen LogP contribution in [-0.2, 0) is 22.7 Å². The van der Waals surface area contributed by atoms with Gasteiger partial charge in [-0.1, -0.05) is 30.3 Å². The molecule has 0 aromatic heterocycles. The molecule has 0 bridgehead atoms. The molecular formula is C20H28N2O5. The van der Waals surface area contributed by atoms with Gasteiger partial charge in [0.2, 0.25) is 5.91 Å². The first kappa shape index (κ1) is 22.2. The van der Waals surface area contributed by atoms with Crippen LogP contribution < -0.4 is 0 Å². The van der Waals surface area contributed by atoms with Crippen molar-refractivity contribution >= 4 is 18.5 Å². The van der Waals surface area contributed by atoms with Crippen molar-refractivity contribution in [2.45, 2.75) is 51.7 Å². The summed E-state index contributed by atoms with van der Waals surface area (Å²) in [6, 6.07) is 8.27. The number of allylic oxidation sites excluding steroid dienone is 1. The summed E-state index contributed by atoms with van der Waals surface area (Å²) in [5.74, 6) is 0.292. The third kappa shape index (κ3) is 7.13. The van der Waals surface area contributed by atoms with Crippen LogP contribution in [0, 0.1) is 0 Å². The van der Waals surface area contributed by atoms with E-state index < -0.39 is 6.09 Å². The van der Waals surface area contributed by atoms with Crippen molar-refractivity contribution in [1.82, 2.24) is 9.80 Å². The van der Waals surface area contributed by atoms with Gasteiger partial charge in [0.15, 0.2) is 0 Å². The average Bonchev–Trinajstić information content (AvgIpc) is 3.27. The highest BCUT2D eigenvalue weighted by Gasteiger charge is 2.24. The average molecular weight is 376 g/mol. The normalized spacial score (nSPS) is 17.0. The van der Waals surface area contributed by atoms with Crippen LogP contribution in [0.4, 0.5) is 4.79 Å². The summed E-state index contributed by atoms with van der Waals surface area (Å²) in [7, 11) is 0. The van der Waals surface area contributed by atoms with Crippen LogP contribution in [0.2, 0.25) is 0 Å². The van der Waals surface area contributed by atoms with Crippen molar-refractivity contribution in [3.8, 4) is 0 Å². The Morgan fingerprint density at radius 3 is 2.22 bits per heavy atom. The van der Waals surface area contributed by atoms with Crippen LogP contribution in [0.15, 0.2) is 36.9 Å². The van der Waals surface area contributed by atoms with Gasteiger partial charge in [-0.2, -0.15) is 0 Å². The maximum atomic E-state index is 11.5. The predicted octanol–water partition coefficient (Wildman–Crippen LogP) is 3.34. The molecule has 2 aliphatic rings. The number of likely N-dealkylation sites (tertiary alicyclic amines) is 1. The van der Waals surface area contributed by atoms with E-state index in [1.54, 1.807) is 6.08 Å². The Hall–Kier alpha value is -2.83. The second kappa shape index (κ2) is 11.7. The van der Waals surface area contributed by atoms with Gasteiger partial charge in [-0.15, -0.1) is 6.58 Å². The largest absolute Gasteiger partial charge is 0.483 e. The molecule has 2 amide bonds. The molecule has 0 spiro atoms. The Kier molecular flexibility index (Phi) is 9.64. The summed E-state index contributed by atoms with van der Waals surface area (Å²) >= 11 is 0. The van der Waals surface area contributed by atoms with Crippen LogP contribution >= 0.6 is 0 Å². The Labute approximate surface area is 159 Å². The molecule has 2 aliphatic heterocycles. The van der Waals surface area contributed by atoms with Gasteiger partial charge in [0.05, 0.1) is 0 Å². The summed E-state index contributed by atoms with van der Waals surface area (Å²) in [6.45, 7) is 7.50. The Balaban J connectivity index is 0.000000236. The van der Waals surface area contributed by atoms with Crippen molar-refractivity contribution in [2.75, 3.05) is 6.54 Å². The van der Waals surface area contributed by atoms with E-state index in [0.717, 1.165) is 24.1 Å². The highest BCUT2D eigenvalue weighted by atomic mass is 16.4. The van der Waals surface area contributed by atoms with Crippen molar-refractivity contribution < 1.29 is 24.6 Å². The molecule has 148 valence electrons. The fraction of sp³-hybridized carbons (Fsp3) is 0.450. The smallest absolute Gasteiger partial charge is 0.407 e. The molecule has 2 N–H and O–H groups in total. The molecule has 1 fully saturated rings. The number of carbonyl (C=O) groups is 3. The lowest BCUT2D eigenvalue weighted by Crippen LogP contribution is -2.33. The number of hydrogen-bond donors (Lipinski definition) is 2. The van der Waals surface area contributed by atoms with Gasteiger partial charge in [0, 0.05) is 32.1 Å². The third-order valence-electron chi connectivity index (χ3n) is 4.55. The van der Waals surface area contributed by atoms with E-state index in [0.29, 0.717) is 31.5 Å². The van der Waals surface area contributed by atoms with Gasteiger partial charge in [0.25, 0.3) is 6.47 Å². The van der Waals surface area contributed by atoms with Gasteiger partial charge >= 0.3 is 6.09 Å². The van der Waals surface area contributed by atoms with Crippen LogP contribution in [0.3, 0.4) is 0 Å². The molecule has 1 unspecified atom stereocenters. The molecule has 1 saturated heterocycles. The SMILES string of the molecule is C=CCCC(=O)N1CCCC1C.O=C(O)N1Cc2ccccc2C1.O=CO. The molecule has 0 saturated carbocycles. The molecule has 3 rings (SSSR count). The summed E-state index contributed by atoms with van der Waals surface area (Å²) in [5, 5.41) is 15.6. The maximum absolute atomic E-state index is 11.5. The van der Waals surface area contributed by atoms with Crippen LogP contribution in [-0.4, -0.2) is 51.1 Å². The monoisotopic (exact) mass is 376 g/mol. The van der Waals surface area contributed by atoms with Gasteiger partial charge < -0.3 is 15.1 Å². The maximum Gasteiger partial charge on any atom is 0.407 e. The minimum absolute atomic E-state index is 0.250. The molecule has 7 nitrogen and oxygen atoms in total. The van der Waals surface area contributed by atoms with E-state index in [9.17, 15) is 9.59 Å². The third-order valence-corrected chi connectivity index (χ3v) is 4.55. The first-order chi connectivity index (χ1) is 12.9. The lowest BCUT2D eigenvalue weighted by atomic mass is 10.1. The lowest BCUT2D eigenvalue weighted by molar-refractivity contribution is -0.131. The number of carbonyl (C=O) groups excluding carboxylic acids is 1. The number of rotatable bonds is 3. The fourth-order valence-corrected chi connectivity index (χ4v) is 3.14. The molecule has 0 aliphatic carbocycles. The molecular weight excluding hydrogens is 348 g/mol. The van der Waals surface area contributed by atoms with E-state index in [-0.39, 0.29) is 6.47 Å². The quantitative estimate of drug-likeness (QED) is 0.623. The number of fused-ring (bicyclic) bond motifs is 1. The lowest BCUT2D eigenvalue weighted by Gasteiger charge is -2.20. The predicted molar refractivity (Wildman–Crippen MR) is 102 cm³/mol. The van der Waals surface area contributed by atoms with E-state index in [1.165, 1.54) is 17.7 Å². The molecule has 7 heteroatoms. The molecule has 27 heavy (non-hydrogen) atoms. The minimum Gasteiger partial charge on any atom is -0.483 e. The topological polar surface area (TPSA) is 98.2 Å². The summed E-state index contributed by atoms with van der Waals surface area (Å²) in [4.78, 5) is 33.8. The second-order valence-corrected chi connectivity index (χ2v) is 6.42. The highest BCUT2D eigenvalue weighted by Crippen LogP contribution is 2.21. The highest BCUT2D eigenvalue weighted by molar-refractivity contribution is 5.76. The summed E-state index contributed by atoms with van der Waals surface area (Å²) in [6.07, 6.45) is 4.74. The standard InChI is InChI=1S/C10H17NO.C9H9NO2.CH2O2/c1-3-4-7-10(12)11-8-5-6-9(11)2;11-9(12)10-5-7-3-1-2-4-8(7)6-10;2-1-3/h3,9H,1,4-8H2,2H3;1-4H,5-6H2,(H,11,12);1H,(H,2,3). The zero-order chi connectivity index (χ0) is 20.2. The first-order valence-electron chi connectivity index (χ1n) is 8.97. The first-order valence-corrected chi connectivity index (χ1v) is 8.97. The molecule has 0 radical (unpaired) electrons. The molecule has 2 heterocycles. The Bertz CT molecular complexity index is 622. The van der Waals surface area contributed by atoms with Gasteiger partial charge in [-0.25, -0.2) is 4.79 Å². The number of carboxylic acid groups (broad SMARTS) is 2. The van der Waals surface area contributed by atoms with Crippen molar-refractivity contribution in [2.24, 2.45) is 0 Å².